The first-order chi connectivity index (χ1) is 11.1. The number of anilines is 1. The van der Waals surface area contributed by atoms with Gasteiger partial charge in [-0.3, -0.25) is 10.1 Å². The van der Waals surface area contributed by atoms with E-state index in [2.05, 4.69) is 15.2 Å². The largest absolute Gasteiger partial charge is 0.375 e. The van der Waals surface area contributed by atoms with Gasteiger partial charge in [0.05, 0.1) is 4.92 Å². The number of benzene rings is 2. The Morgan fingerprint density at radius 1 is 1.04 bits per heavy atom. The molecule has 8 heteroatoms. The number of nitrogen functional groups attached to an aromatic ring is 1. The highest BCUT2D eigenvalue weighted by Crippen LogP contribution is 2.38. The van der Waals surface area contributed by atoms with Crippen LogP contribution in [-0.4, -0.2) is 9.91 Å². The van der Waals surface area contributed by atoms with Crippen LogP contribution in [0.4, 0.5) is 21.5 Å². The molecule has 0 saturated heterocycles. The molecule has 0 aliphatic carbocycles. The van der Waals surface area contributed by atoms with Crippen molar-refractivity contribution in [1.82, 2.24) is 4.98 Å². The first-order valence-corrected chi connectivity index (χ1v) is 7.43. The fourth-order valence-electron chi connectivity index (χ4n) is 1.98. The van der Waals surface area contributed by atoms with Gasteiger partial charge in [-0.25, -0.2) is 4.98 Å². The van der Waals surface area contributed by atoms with Crippen molar-refractivity contribution in [3.8, 4) is 11.3 Å². The van der Waals surface area contributed by atoms with Gasteiger partial charge in [0.15, 0.2) is 15.8 Å². The Labute approximate surface area is 135 Å². The van der Waals surface area contributed by atoms with Crippen molar-refractivity contribution >= 4 is 32.8 Å². The van der Waals surface area contributed by atoms with E-state index in [1.807, 2.05) is 30.3 Å². The summed E-state index contributed by atoms with van der Waals surface area (Å²) in [6.07, 6.45) is 0. The van der Waals surface area contributed by atoms with E-state index in [0.717, 1.165) is 5.56 Å². The summed E-state index contributed by atoms with van der Waals surface area (Å²) in [6.45, 7) is 0. The maximum atomic E-state index is 11.0. The van der Waals surface area contributed by atoms with Gasteiger partial charge in [-0.15, -0.1) is 10.2 Å². The number of para-hydroxylation sites is 1. The van der Waals surface area contributed by atoms with Gasteiger partial charge in [0.25, 0.3) is 5.69 Å². The molecule has 0 amide bonds. The maximum Gasteiger partial charge on any atom is 0.296 e. The monoisotopic (exact) mass is 325 g/mol. The number of hydrogen-bond donors (Lipinski definition) is 1. The minimum absolute atomic E-state index is 0.102. The van der Waals surface area contributed by atoms with Crippen LogP contribution >= 0.6 is 11.3 Å². The molecule has 0 unspecified atom stereocenters. The number of nitrogens with two attached hydrogens (primary N) is 1. The van der Waals surface area contributed by atoms with E-state index in [4.69, 9.17) is 5.73 Å². The predicted molar refractivity (Wildman–Crippen MR) is 89.2 cm³/mol. The van der Waals surface area contributed by atoms with Crippen molar-refractivity contribution in [1.29, 1.82) is 0 Å². The summed E-state index contributed by atoms with van der Waals surface area (Å²) >= 11 is 1.18. The van der Waals surface area contributed by atoms with Crippen LogP contribution in [0.25, 0.3) is 11.3 Å². The standard InChI is InChI=1S/C15H11N5O2S/c16-15-17-13(10-6-2-1-3-7-10)14(23-15)19-18-11-8-4-5-9-12(11)20(21)22/h1-9H,(H2,16,17). The smallest absolute Gasteiger partial charge is 0.296 e. The van der Waals surface area contributed by atoms with E-state index in [1.54, 1.807) is 12.1 Å². The van der Waals surface area contributed by atoms with Gasteiger partial charge in [-0.2, -0.15) is 0 Å². The van der Waals surface area contributed by atoms with Crippen LogP contribution in [0.2, 0.25) is 0 Å². The van der Waals surface area contributed by atoms with E-state index in [9.17, 15) is 10.1 Å². The van der Waals surface area contributed by atoms with Crippen molar-refractivity contribution in [3.05, 3.63) is 64.7 Å². The Morgan fingerprint density at radius 3 is 2.48 bits per heavy atom. The van der Waals surface area contributed by atoms with Gasteiger partial charge in [-0.05, 0) is 6.07 Å². The summed E-state index contributed by atoms with van der Waals surface area (Å²) in [6, 6.07) is 15.6. The molecule has 2 aromatic carbocycles. The Kier molecular flexibility index (Phi) is 4.07. The molecule has 3 aromatic rings. The van der Waals surface area contributed by atoms with Gasteiger partial charge in [0, 0.05) is 11.6 Å². The number of hydrogen-bond acceptors (Lipinski definition) is 7. The molecule has 0 spiro atoms. The lowest BCUT2D eigenvalue weighted by Crippen LogP contribution is -1.87. The summed E-state index contributed by atoms with van der Waals surface area (Å²) in [5.41, 5.74) is 7.31. The minimum Gasteiger partial charge on any atom is -0.375 e. The first kappa shape index (κ1) is 14.8. The number of azo groups is 1. The molecular formula is C15H11N5O2S. The second kappa shape index (κ2) is 6.32. The van der Waals surface area contributed by atoms with Crippen LogP contribution in [-0.2, 0) is 0 Å². The molecule has 0 aliphatic heterocycles. The van der Waals surface area contributed by atoms with Crippen molar-refractivity contribution in [2.24, 2.45) is 10.2 Å². The van der Waals surface area contributed by atoms with Crippen LogP contribution in [0, 0.1) is 10.1 Å². The van der Waals surface area contributed by atoms with Crippen LogP contribution < -0.4 is 5.73 Å². The fourth-order valence-corrected chi connectivity index (χ4v) is 2.66. The average molecular weight is 325 g/mol. The van der Waals surface area contributed by atoms with Crippen molar-refractivity contribution < 1.29 is 4.92 Å². The lowest BCUT2D eigenvalue weighted by atomic mass is 10.2. The molecule has 2 N–H and O–H groups in total. The minimum atomic E-state index is -0.493. The van der Waals surface area contributed by atoms with Gasteiger partial charge in [-0.1, -0.05) is 53.8 Å². The van der Waals surface area contributed by atoms with Crippen molar-refractivity contribution in [3.63, 3.8) is 0 Å². The molecule has 114 valence electrons. The van der Waals surface area contributed by atoms with E-state index in [1.165, 1.54) is 23.5 Å². The molecular weight excluding hydrogens is 314 g/mol. The van der Waals surface area contributed by atoms with Gasteiger partial charge >= 0.3 is 0 Å². The molecule has 3 rings (SSSR count). The summed E-state index contributed by atoms with van der Waals surface area (Å²) < 4.78 is 0. The maximum absolute atomic E-state index is 11.0. The second-order valence-corrected chi connectivity index (χ2v) is 5.53. The molecule has 0 aliphatic rings. The van der Waals surface area contributed by atoms with Crippen LogP contribution in [0.3, 0.4) is 0 Å². The van der Waals surface area contributed by atoms with E-state index in [-0.39, 0.29) is 11.4 Å². The third-order valence-electron chi connectivity index (χ3n) is 3.00. The topological polar surface area (TPSA) is 107 Å². The number of thiazole rings is 1. The summed E-state index contributed by atoms with van der Waals surface area (Å²) in [4.78, 5) is 14.8. The number of nitrogens with zero attached hydrogens (tertiary/aromatic N) is 4. The summed E-state index contributed by atoms with van der Waals surface area (Å²) in [5.74, 6) is 0. The molecule has 0 saturated carbocycles. The van der Waals surface area contributed by atoms with E-state index in [0.29, 0.717) is 15.8 Å². The van der Waals surface area contributed by atoms with E-state index >= 15 is 0 Å². The van der Waals surface area contributed by atoms with E-state index < -0.39 is 4.92 Å². The molecule has 1 aromatic heterocycles. The van der Waals surface area contributed by atoms with Crippen molar-refractivity contribution in [2.75, 3.05) is 5.73 Å². The molecule has 23 heavy (non-hydrogen) atoms. The van der Waals surface area contributed by atoms with Gasteiger partial charge in [0.2, 0.25) is 0 Å². The van der Waals surface area contributed by atoms with Crippen LogP contribution in [0.1, 0.15) is 0 Å². The highest BCUT2D eigenvalue weighted by molar-refractivity contribution is 7.19. The molecule has 0 fully saturated rings. The lowest BCUT2D eigenvalue weighted by Gasteiger charge is -1.97. The van der Waals surface area contributed by atoms with Crippen LogP contribution in [0.5, 0.6) is 0 Å². The number of nitro groups is 1. The highest BCUT2D eigenvalue weighted by atomic mass is 32.1. The van der Waals surface area contributed by atoms with Crippen molar-refractivity contribution in [2.45, 2.75) is 0 Å². The Morgan fingerprint density at radius 2 is 1.74 bits per heavy atom. The third-order valence-corrected chi connectivity index (χ3v) is 3.77. The number of aromatic nitrogens is 1. The zero-order chi connectivity index (χ0) is 16.2. The first-order valence-electron chi connectivity index (χ1n) is 6.62. The zero-order valence-electron chi connectivity index (χ0n) is 11.8. The zero-order valence-corrected chi connectivity index (χ0v) is 12.6. The quantitative estimate of drug-likeness (QED) is 0.425. The molecule has 0 atom stereocenters. The lowest BCUT2D eigenvalue weighted by molar-refractivity contribution is -0.384. The second-order valence-electron chi connectivity index (χ2n) is 4.52. The molecule has 7 nitrogen and oxygen atoms in total. The fraction of sp³-hybridized carbons (Fsp3) is 0. The number of rotatable bonds is 4. The summed E-state index contributed by atoms with van der Waals surface area (Å²) in [5, 5.41) is 20.0. The Bertz CT molecular complexity index is 877. The molecule has 1 heterocycles. The van der Waals surface area contributed by atoms with Gasteiger partial charge in [0.1, 0.15) is 5.69 Å². The predicted octanol–water partition coefficient (Wildman–Crippen LogP) is 4.72. The normalized spacial score (nSPS) is 11.0. The molecule has 0 radical (unpaired) electrons. The molecule has 0 bridgehead atoms. The summed E-state index contributed by atoms with van der Waals surface area (Å²) in [7, 11) is 0. The third kappa shape index (κ3) is 3.22. The Balaban J connectivity index is 2.00. The Hall–Kier alpha value is -3.13. The SMILES string of the molecule is Nc1nc(-c2ccccc2)c(N=Nc2ccccc2[N+](=O)[O-])s1. The van der Waals surface area contributed by atoms with Crippen LogP contribution in [0.15, 0.2) is 64.8 Å². The number of nitro benzene ring substituents is 1. The highest BCUT2D eigenvalue weighted by Gasteiger charge is 2.14. The van der Waals surface area contributed by atoms with Gasteiger partial charge < -0.3 is 5.73 Å². The average Bonchev–Trinajstić information content (AvgIpc) is 2.95.